The highest BCUT2D eigenvalue weighted by Gasteiger charge is 2.16. The van der Waals surface area contributed by atoms with Gasteiger partial charge in [-0.05, 0) is 29.0 Å². The molecule has 3 aromatic rings. The number of halogens is 1. The Labute approximate surface area is 124 Å². The first-order valence-corrected chi connectivity index (χ1v) is 6.88. The molecule has 0 aliphatic rings. The fraction of sp³-hybridized carbons (Fsp3) is 0. The number of nitrogens with zero attached hydrogens (tertiary/aromatic N) is 1. The Morgan fingerprint density at radius 3 is 2.15 bits per heavy atom. The third-order valence-corrected chi connectivity index (χ3v) is 3.88. The number of rotatable bonds is 2. The average molecular weight is 328 g/mol. The third-order valence-electron chi connectivity index (χ3n) is 3.23. The summed E-state index contributed by atoms with van der Waals surface area (Å²) in [7, 11) is 0. The van der Waals surface area contributed by atoms with Crippen LogP contribution in [0.5, 0.6) is 0 Å². The van der Waals surface area contributed by atoms with Crippen molar-refractivity contribution in [3.8, 4) is 11.1 Å². The van der Waals surface area contributed by atoms with Gasteiger partial charge in [-0.3, -0.25) is 10.1 Å². The van der Waals surface area contributed by atoms with Crippen LogP contribution in [0.3, 0.4) is 0 Å². The molecule has 0 heterocycles. The molecular weight excluding hydrogens is 318 g/mol. The number of fused-ring (bicyclic) bond motifs is 1. The molecule has 0 saturated carbocycles. The highest BCUT2D eigenvalue weighted by molar-refractivity contribution is 9.10. The first kappa shape index (κ1) is 12.8. The van der Waals surface area contributed by atoms with Crippen molar-refractivity contribution < 1.29 is 4.92 Å². The van der Waals surface area contributed by atoms with E-state index in [0.29, 0.717) is 5.56 Å². The number of para-hydroxylation sites is 1. The van der Waals surface area contributed by atoms with E-state index in [-0.39, 0.29) is 10.6 Å². The van der Waals surface area contributed by atoms with E-state index in [1.165, 1.54) is 6.07 Å². The minimum Gasteiger partial charge on any atom is -0.258 e. The molecule has 4 heteroatoms. The van der Waals surface area contributed by atoms with E-state index in [4.69, 9.17) is 0 Å². The lowest BCUT2D eigenvalue weighted by molar-refractivity contribution is -0.384. The molecular formula is C16H10BrNO2. The van der Waals surface area contributed by atoms with Crippen molar-refractivity contribution in [2.24, 2.45) is 0 Å². The molecule has 20 heavy (non-hydrogen) atoms. The van der Waals surface area contributed by atoms with Gasteiger partial charge in [0.05, 0.1) is 10.5 Å². The number of benzene rings is 3. The van der Waals surface area contributed by atoms with E-state index in [1.54, 1.807) is 12.1 Å². The Morgan fingerprint density at radius 1 is 0.850 bits per heavy atom. The van der Waals surface area contributed by atoms with Gasteiger partial charge in [0.2, 0.25) is 0 Å². The summed E-state index contributed by atoms with van der Waals surface area (Å²) in [5, 5.41) is 13.3. The molecule has 0 saturated heterocycles. The second-order valence-corrected chi connectivity index (χ2v) is 5.31. The van der Waals surface area contributed by atoms with Gasteiger partial charge in [0.1, 0.15) is 0 Å². The summed E-state index contributed by atoms with van der Waals surface area (Å²) in [4.78, 5) is 10.8. The molecule has 3 nitrogen and oxygen atoms in total. The second-order valence-electron chi connectivity index (χ2n) is 4.45. The third kappa shape index (κ3) is 2.18. The van der Waals surface area contributed by atoms with Crippen LogP contribution in [0.25, 0.3) is 21.9 Å². The first-order valence-electron chi connectivity index (χ1n) is 6.09. The maximum absolute atomic E-state index is 11.2. The zero-order valence-electron chi connectivity index (χ0n) is 10.4. The standard InChI is InChI=1S/C16H10BrNO2/c17-15-10-12-6-2-1-5-11(12)9-14(15)13-7-3-4-8-16(13)18(19)20/h1-10H. The zero-order chi connectivity index (χ0) is 14.1. The Bertz CT molecular complexity index is 814. The Morgan fingerprint density at radius 2 is 1.45 bits per heavy atom. The van der Waals surface area contributed by atoms with Crippen LogP contribution >= 0.6 is 15.9 Å². The van der Waals surface area contributed by atoms with E-state index in [0.717, 1.165) is 20.8 Å². The molecule has 0 radical (unpaired) electrons. The normalized spacial score (nSPS) is 10.7. The summed E-state index contributed by atoms with van der Waals surface area (Å²) >= 11 is 3.51. The van der Waals surface area contributed by atoms with Gasteiger partial charge < -0.3 is 0 Å². The van der Waals surface area contributed by atoms with Crippen LogP contribution in [-0.2, 0) is 0 Å². The summed E-state index contributed by atoms with van der Waals surface area (Å²) < 4.78 is 0.852. The monoisotopic (exact) mass is 327 g/mol. The van der Waals surface area contributed by atoms with Crippen molar-refractivity contribution in [3.05, 3.63) is 75.3 Å². The molecule has 0 amide bonds. The summed E-state index contributed by atoms with van der Waals surface area (Å²) in [6, 6.07) is 18.7. The first-order chi connectivity index (χ1) is 9.66. The molecule has 0 unspecified atom stereocenters. The zero-order valence-corrected chi connectivity index (χ0v) is 12.0. The van der Waals surface area contributed by atoms with Crippen molar-refractivity contribution in [3.63, 3.8) is 0 Å². The number of hydrogen-bond acceptors (Lipinski definition) is 2. The molecule has 0 bridgehead atoms. The summed E-state index contributed by atoms with van der Waals surface area (Å²) in [5.74, 6) is 0. The molecule has 0 aliphatic heterocycles. The minimum atomic E-state index is -0.350. The average Bonchev–Trinajstić information content (AvgIpc) is 2.46. The van der Waals surface area contributed by atoms with Crippen LogP contribution in [0.2, 0.25) is 0 Å². The second kappa shape index (κ2) is 5.06. The van der Waals surface area contributed by atoms with Crippen LogP contribution in [0.15, 0.2) is 65.1 Å². The molecule has 0 fully saturated rings. The maximum atomic E-state index is 11.2. The predicted molar refractivity (Wildman–Crippen MR) is 83.7 cm³/mol. The molecule has 3 aromatic carbocycles. The van der Waals surface area contributed by atoms with Crippen molar-refractivity contribution >= 4 is 32.4 Å². The number of nitro benzene ring substituents is 1. The molecule has 3 rings (SSSR count). The Balaban J connectivity index is 2.29. The van der Waals surface area contributed by atoms with Gasteiger partial charge in [-0.25, -0.2) is 0 Å². The Kier molecular flexibility index (Phi) is 3.24. The van der Waals surface area contributed by atoms with Crippen LogP contribution in [0, 0.1) is 10.1 Å². The summed E-state index contributed by atoms with van der Waals surface area (Å²) in [6.07, 6.45) is 0. The van der Waals surface area contributed by atoms with Crippen molar-refractivity contribution in [1.82, 2.24) is 0 Å². The van der Waals surface area contributed by atoms with E-state index in [1.807, 2.05) is 42.5 Å². The molecule has 0 aliphatic carbocycles. The number of hydrogen-bond donors (Lipinski definition) is 0. The molecule has 0 aromatic heterocycles. The minimum absolute atomic E-state index is 0.114. The van der Waals surface area contributed by atoms with Crippen molar-refractivity contribution in [2.45, 2.75) is 0 Å². The van der Waals surface area contributed by atoms with Gasteiger partial charge in [-0.15, -0.1) is 0 Å². The van der Waals surface area contributed by atoms with Gasteiger partial charge >= 0.3 is 0 Å². The SMILES string of the molecule is O=[N+]([O-])c1ccccc1-c1cc2ccccc2cc1Br. The highest BCUT2D eigenvalue weighted by Crippen LogP contribution is 2.37. The smallest absolute Gasteiger partial charge is 0.258 e. The summed E-state index contributed by atoms with van der Waals surface area (Å²) in [5.41, 5.74) is 1.56. The van der Waals surface area contributed by atoms with Crippen molar-refractivity contribution in [1.29, 1.82) is 0 Å². The van der Waals surface area contributed by atoms with Gasteiger partial charge in [0.25, 0.3) is 5.69 Å². The lowest BCUT2D eigenvalue weighted by atomic mass is 10.00. The van der Waals surface area contributed by atoms with Gasteiger partial charge in [0, 0.05) is 16.1 Å². The lowest BCUT2D eigenvalue weighted by Gasteiger charge is -2.08. The van der Waals surface area contributed by atoms with E-state index in [9.17, 15) is 10.1 Å². The number of nitro groups is 1. The predicted octanol–water partition coefficient (Wildman–Crippen LogP) is 5.18. The van der Waals surface area contributed by atoms with Crippen molar-refractivity contribution in [2.75, 3.05) is 0 Å². The van der Waals surface area contributed by atoms with Gasteiger partial charge in [-0.2, -0.15) is 0 Å². The van der Waals surface area contributed by atoms with Crippen LogP contribution < -0.4 is 0 Å². The lowest BCUT2D eigenvalue weighted by Crippen LogP contribution is -1.92. The van der Waals surface area contributed by atoms with E-state index >= 15 is 0 Å². The fourth-order valence-electron chi connectivity index (χ4n) is 2.28. The van der Waals surface area contributed by atoms with Crippen LogP contribution in [-0.4, -0.2) is 4.92 Å². The van der Waals surface area contributed by atoms with Crippen LogP contribution in [0.1, 0.15) is 0 Å². The maximum Gasteiger partial charge on any atom is 0.277 e. The molecule has 0 atom stereocenters. The Hall–Kier alpha value is -2.20. The summed E-state index contributed by atoms with van der Waals surface area (Å²) in [6.45, 7) is 0. The molecule has 98 valence electrons. The van der Waals surface area contributed by atoms with Gasteiger partial charge in [-0.1, -0.05) is 52.3 Å². The fourth-order valence-corrected chi connectivity index (χ4v) is 2.85. The molecule has 0 spiro atoms. The van der Waals surface area contributed by atoms with E-state index in [2.05, 4.69) is 15.9 Å². The highest BCUT2D eigenvalue weighted by atomic mass is 79.9. The van der Waals surface area contributed by atoms with Crippen LogP contribution in [0.4, 0.5) is 5.69 Å². The largest absolute Gasteiger partial charge is 0.277 e. The molecule has 0 N–H and O–H groups in total. The van der Waals surface area contributed by atoms with Gasteiger partial charge in [0.15, 0.2) is 0 Å². The quantitative estimate of drug-likeness (QED) is 0.481. The topological polar surface area (TPSA) is 43.1 Å². The van der Waals surface area contributed by atoms with E-state index < -0.39 is 0 Å².